The summed E-state index contributed by atoms with van der Waals surface area (Å²) in [6.45, 7) is 7.11. The number of para-hydroxylation sites is 1. The summed E-state index contributed by atoms with van der Waals surface area (Å²) >= 11 is 0. The molecular formula is C16H24N2. The van der Waals surface area contributed by atoms with Crippen LogP contribution in [0, 0.1) is 5.92 Å². The van der Waals surface area contributed by atoms with Crippen LogP contribution in [-0.2, 0) is 6.42 Å². The third-order valence-electron chi connectivity index (χ3n) is 4.67. The minimum absolute atomic E-state index is 0.651. The summed E-state index contributed by atoms with van der Waals surface area (Å²) in [4.78, 5) is 2.61. The first-order chi connectivity index (χ1) is 8.75. The summed E-state index contributed by atoms with van der Waals surface area (Å²) in [7, 11) is 0. The Morgan fingerprint density at radius 3 is 2.94 bits per heavy atom. The van der Waals surface area contributed by atoms with Gasteiger partial charge in [-0.15, -0.1) is 0 Å². The Bertz CT molecular complexity index is 415. The summed E-state index contributed by atoms with van der Waals surface area (Å²) in [6, 6.07) is 10.2. The second kappa shape index (κ2) is 4.93. The molecule has 1 N–H and O–H groups in total. The number of benzene rings is 1. The average molecular weight is 244 g/mol. The number of hydrogen-bond acceptors (Lipinski definition) is 2. The second-order valence-electron chi connectivity index (χ2n) is 6.01. The summed E-state index contributed by atoms with van der Waals surface area (Å²) in [5.41, 5.74) is 2.98. The highest BCUT2D eigenvalue weighted by Gasteiger charge is 2.30. The lowest BCUT2D eigenvalue weighted by molar-refractivity contribution is 0.298. The summed E-state index contributed by atoms with van der Waals surface area (Å²) in [5, 5.41) is 3.71. The van der Waals surface area contributed by atoms with E-state index in [1.807, 2.05) is 0 Å². The van der Waals surface area contributed by atoms with Crippen LogP contribution in [0.3, 0.4) is 0 Å². The normalized spacial score (nSPS) is 31.4. The Kier molecular flexibility index (Phi) is 3.29. The molecular weight excluding hydrogens is 220 g/mol. The van der Waals surface area contributed by atoms with E-state index in [0.29, 0.717) is 12.1 Å². The molecule has 0 radical (unpaired) electrons. The van der Waals surface area contributed by atoms with Crippen molar-refractivity contribution in [2.45, 2.75) is 45.2 Å². The highest BCUT2D eigenvalue weighted by Crippen LogP contribution is 2.32. The lowest BCUT2D eigenvalue weighted by Gasteiger charge is -2.36. The van der Waals surface area contributed by atoms with E-state index < -0.39 is 0 Å². The largest absolute Gasteiger partial charge is 0.367 e. The molecule has 1 aromatic rings. The van der Waals surface area contributed by atoms with Gasteiger partial charge in [0.2, 0.25) is 0 Å². The van der Waals surface area contributed by atoms with Crippen LogP contribution < -0.4 is 10.2 Å². The Hall–Kier alpha value is -1.02. The third kappa shape index (κ3) is 2.14. The van der Waals surface area contributed by atoms with Crippen LogP contribution in [0.4, 0.5) is 5.69 Å². The smallest absolute Gasteiger partial charge is 0.0402 e. The fourth-order valence-electron chi connectivity index (χ4n) is 3.48. The lowest BCUT2D eigenvalue weighted by Crippen LogP contribution is -2.49. The fraction of sp³-hybridized carbons (Fsp3) is 0.625. The monoisotopic (exact) mass is 244 g/mol. The quantitative estimate of drug-likeness (QED) is 0.860. The molecule has 0 saturated carbocycles. The van der Waals surface area contributed by atoms with E-state index in [2.05, 4.69) is 48.3 Å². The molecule has 2 aliphatic rings. The van der Waals surface area contributed by atoms with Gasteiger partial charge >= 0.3 is 0 Å². The second-order valence-corrected chi connectivity index (χ2v) is 6.01. The molecule has 0 aliphatic carbocycles. The van der Waals surface area contributed by atoms with Gasteiger partial charge in [0.1, 0.15) is 0 Å². The maximum atomic E-state index is 3.71. The van der Waals surface area contributed by atoms with Gasteiger partial charge in [0.25, 0.3) is 0 Å². The minimum atomic E-state index is 0.651. The number of rotatable bonds is 2. The zero-order chi connectivity index (χ0) is 12.5. The molecule has 0 spiro atoms. The van der Waals surface area contributed by atoms with Crippen molar-refractivity contribution in [3.63, 3.8) is 0 Å². The van der Waals surface area contributed by atoms with Crippen molar-refractivity contribution in [3.05, 3.63) is 29.8 Å². The standard InChI is InChI=1S/C16H24N2/c1-12-6-5-9-17-15(12)11-18-13(2)10-14-7-3-4-8-16(14)18/h3-4,7-8,12-13,15,17H,5-6,9-11H2,1-2H3. The van der Waals surface area contributed by atoms with Crippen molar-refractivity contribution in [3.8, 4) is 0 Å². The number of nitrogens with zero attached hydrogens (tertiary/aromatic N) is 1. The first kappa shape index (κ1) is 12.0. The molecule has 1 aromatic carbocycles. The predicted molar refractivity (Wildman–Crippen MR) is 77.1 cm³/mol. The van der Waals surface area contributed by atoms with Gasteiger partial charge in [-0.1, -0.05) is 25.1 Å². The molecule has 0 aromatic heterocycles. The van der Waals surface area contributed by atoms with Crippen molar-refractivity contribution in [2.24, 2.45) is 5.92 Å². The van der Waals surface area contributed by atoms with Gasteiger partial charge in [-0.05, 0) is 50.3 Å². The third-order valence-corrected chi connectivity index (χ3v) is 4.67. The molecule has 1 fully saturated rings. The first-order valence-corrected chi connectivity index (χ1v) is 7.33. The topological polar surface area (TPSA) is 15.3 Å². The molecule has 2 heteroatoms. The molecule has 18 heavy (non-hydrogen) atoms. The Balaban J connectivity index is 1.76. The van der Waals surface area contributed by atoms with Crippen LogP contribution in [0.15, 0.2) is 24.3 Å². The van der Waals surface area contributed by atoms with E-state index >= 15 is 0 Å². The predicted octanol–water partition coefficient (Wildman–Crippen LogP) is 2.83. The number of piperidine rings is 1. The van der Waals surface area contributed by atoms with Crippen molar-refractivity contribution in [1.82, 2.24) is 5.32 Å². The molecule has 0 bridgehead atoms. The zero-order valence-electron chi connectivity index (χ0n) is 11.5. The van der Waals surface area contributed by atoms with Crippen LogP contribution >= 0.6 is 0 Å². The van der Waals surface area contributed by atoms with E-state index in [-0.39, 0.29) is 0 Å². The fourth-order valence-corrected chi connectivity index (χ4v) is 3.48. The minimum Gasteiger partial charge on any atom is -0.367 e. The highest BCUT2D eigenvalue weighted by molar-refractivity contribution is 5.59. The van der Waals surface area contributed by atoms with Crippen LogP contribution in [0.2, 0.25) is 0 Å². The zero-order valence-corrected chi connectivity index (χ0v) is 11.5. The molecule has 3 atom stereocenters. The Morgan fingerprint density at radius 2 is 2.11 bits per heavy atom. The van der Waals surface area contributed by atoms with Gasteiger partial charge in [0, 0.05) is 24.3 Å². The molecule has 0 amide bonds. The maximum Gasteiger partial charge on any atom is 0.0402 e. The van der Waals surface area contributed by atoms with Crippen molar-refractivity contribution in [1.29, 1.82) is 0 Å². The molecule has 3 unspecified atom stereocenters. The van der Waals surface area contributed by atoms with Crippen molar-refractivity contribution >= 4 is 5.69 Å². The van der Waals surface area contributed by atoms with E-state index in [4.69, 9.17) is 0 Å². The van der Waals surface area contributed by atoms with Gasteiger partial charge in [0.15, 0.2) is 0 Å². The average Bonchev–Trinajstić information content (AvgIpc) is 2.69. The maximum absolute atomic E-state index is 3.71. The van der Waals surface area contributed by atoms with Crippen LogP contribution in [-0.4, -0.2) is 25.2 Å². The number of fused-ring (bicyclic) bond motifs is 1. The Labute approximate surface area is 110 Å². The van der Waals surface area contributed by atoms with E-state index in [1.165, 1.54) is 43.6 Å². The number of hydrogen-bond donors (Lipinski definition) is 1. The molecule has 3 rings (SSSR count). The number of anilines is 1. The molecule has 2 nitrogen and oxygen atoms in total. The van der Waals surface area contributed by atoms with E-state index in [1.54, 1.807) is 0 Å². The van der Waals surface area contributed by atoms with E-state index in [0.717, 1.165) is 5.92 Å². The first-order valence-electron chi connectivity index (χ1n) is 7.33. The van der Waals surface area contributed by atoms with Gasteiger partial charge in [0.05, 0.1) is 0 Å². The summed E-state index contributed by atoms with van der Waals surface area (Å²) in [6.07, 6.45) is 3.92. The van der Waals surface area contributed by atoms with Gasteiger partial charge in [-0.25, -0.2) is 0 Å². The number of nitrogens with one attached hydrogen (secondary N) is 1. The van der Waals surface area contributed by atoms with Crippen molar-refractivity contribution < 1.29 is 0 Å². The van der Waals surface area contributed by atoms with Gasteiger partial charge in [-0.2, -0.15) is 0 Å². The SMILES string of the molecule is CC1CCCNC1CN1c2ccccc2CC1C. The van der Waals surface area contributed by atoms with Crippen LogP contribution in [0.5, 0.6) is 0 Å². The van der Waals surface area contributed by atoms with Crippen LogP contribution in [0.25, 0.3) is 0 Å². The molecule has 1 saturated heterocycles. The van der Waals surface area contributed by atoms with Crippen LogP contribution in [0.1, 0.15) is 32.3 Å². The highest BCUT2D eigenvalue weighted by atomic mass is 15.2. The molecule has 98 valence electrons. The Morgan fingerprint density at radius 1 is 1.28 bits per heavy atom. The summed E-state index contributed by atoms with van der Waals surface area (Å²) < 4.78 is 0. The molecule has 2 heterocycles. The van der Waals surface area contributed by atoms with Gasteiger partial charge in [-0.3, -0.25) is 0 Å². The summed E-state index contributed by atoms with van der Waals surface area (Å²) in [5.74, 6) is 0.804. The van der Waals surface area contributed by atoms with E-state index in [9.17, 15) is 0 Å². The van der Waals surface area contributed by atoms with Gasteiger partial charge < -0.3 is 10.2 Å². The van der Waals surface area contributed by atoms with Crippen molar-refractivity contribution in [2.75, 3.05) is 18.0 Å². The lowest BCUT2D eigenvalue weighted by atomic mass is 9.92. The molecule has 2 aliphatic heterocycles.